The average Bonchev–Trinajstić information content (AvgIpc) is 3.10. The molecule has 2 heterocycles. The number of aryl methyl sites for hydroxylation is 1. The van der Waals surface area contributed by atoms with Gasteiger partial charge in [0.1, 0.15) is 0 Å². The molecule has 0 radical (unpaired) electrons. The van der Waals surface area contributed by atoms with Crippen LogP contribution in [0.25, 0.3) is 0 Å². The fourth-order valence-corrected chi connectivity index (χ4v) is 4.45. The van der Waals surface area contributed by atoms with E-state index in [1.807, 2.05) is 6.07 Å². The second kappa shape index (κ2) is 7.44. The lowest BCUT2D eigenvalue weighted by atomic mass is 9.98. The third-order valence-electron chi connectivity index (χ3n) is 4.42. The minimum atomic E-state index is -3.41. The molecule has 6 nitrogen and oxygen atoms in total. The Balaban J connectivity index is 1.62. The molecular formula is C17H23N3O3S. The number of piperidine rings is 1. The molecule has 0 N–H and O–H groups in total. The van der Waals surface area contributed by atoms with Gasteiger partial charge in [-0.25, -0.2) is 8.42 Å². The molecule has 1 aliphatic rings. The highest BCUT2D eigenvalue weighted by Gasteiger charge is 2.31. The zero-order chi connectivity index (χ0) is 17.0. The van der Waals surface area contributed by atoms with Crippen molar-refractivity contribution in [3.05, 3.63) is 42.0 Å². The molecular weight excluding hydrogens is 326 g/mol. The SMILES string of the molecule is CCCCc1noc(C2CCN(S(=O)(=O)c3ccccc3)CC2)n1. The Morgan fingerprint density at radius 3 is 2.58 bits per heavy atom. The van der Waals surface area contributed by atoms with E-state index in [2.05, 4.69) is 17.1 Å². The van der Waals surface area contributed by atoms with Crippen molar-refractivity contribution in [1.29, 1.82) is 0 Å². The topological polar surface area (TPSA) is 76.3 Å². The first kappa shape index (κ1) is 17.1. The molecule has 1 fully saturated rings. The maximum Gasteiger partial charge on any atom is 0.243 e. The molecule has 0 bridgehead atoms. The fraction of sp³-hybridized carbons (Fsp3) is 0.529. The van der Waals surface area contributed by atoms with E-state index < -0.39 is 10.0 Å². The third kappa shape index (κ3) is 3.67. The largest absolute Gasteiger partial charge is 0.339 e. The van der Waals surface area contributed by atoms with Crippen molar-refractivity contribution in [3.63, 3.8) is 0 Å². The van der Waals surface area contributed by atoms with Gasteiger partial charge in [0.25, 0.3) is 0 Å². The van der Waals surface area contributed by atoms with Gasteiger partial charge in [-0.15, -0.1) is 0 Å². The zero-order valence-corrected chi connectivity index (χ0v) is 14.7. The van der Waals surface area contributed by atoms with Crippen LogP contribution >= 0.6 is 0 Å². The summed E-state index contributed by atoms with van der Waals surface area (Å²) < 4.78 is 32.2. The van der Waals surface area contributed by atoms with E-state index in [0.29, 0.717) is 36.7 Å². The van der Waals surface area contributed by atoms with Crippen LogP contribution < -0.4 is 0 Å². The number of benzene rings is 1. The average molecular weight is 349 g/mol. The molecule has 2 aromatic rings. The molecule has 1 aromatic heterocycles. The molecule has 3 rings (SSSR count). The van der Waals surface area contributed by atoms with Crippen LogP contribution in [-0.4, -0.2) is 36.0 Å². The Labute approximate surface area is 142 Å². The molecule has 0 saturated carbocycles. The van der Waals surface area contributed by atoms with Crippen LogP contribution in [0.2, 0.25) is 0 Å². The quantitative estimate of drug-likeness (QED) is 0.801. The standard InChI is InChI=1S/C17H23N3O3S/c1-2-3-9-16-18-17(23-19-16)14-10-12-20(13-11-14)24(21,22)15-7-5-4-6-8-15/h4-8,14H,2-3,9-13H2,1H3. The second-order valence-corrected chi connectivity index (χ2v) is 8.08. The molecule has 24 heavy (non-hydrogen) atoms. The minimum absolute atomic E-state index is 0.148. The number of hydrogen-bond acceptors (Lipinski definition) is 5. The monoisotopic (exact) mass is 349 g/mol. The molecule has 7 heteroatoms. The van der Waals surface area contributed by atoms with E-state index in [0.717, 1.165) is 25.1 Å². The number of nitrogens with zero attached hydrogens (tertiary/aromatic N) is 3. The van der Waals surface area contributed by atoms with Crippen LogP contribution in [0.1, 0.15) is 50.2 Å². The van der Waals surface area contributed by atoms with Crippen LogP contribution in [0.15, 0.2) is 39.8 Å². The molecule has 0 aliphatic carbocycles. The lowest BCUT2D eigenvalue weighted by Crippen LogP contribution is -2.37. The van der Waals surface area contributed by atoms with Gasteiger partial charge in [0.2, 0.25) is 15.9 Å². The van der Waals surface area contributed by atoms with E-state index in [4.69, 9.17) is 4.52 Å². The number of rotatable bonds is 6. The minimum Gasteiger partial charge on any atom is -0.339 e. The maximum absolute atomic E-state index is 12.6. The van der Waals surface area contributed by atoms with Crippen LogP contribution in [0.5, 0.6) is 0 Å². The van der Waals surface area contributed by atoms with Gasteiger partial charge < -0.3 is 4.52 Å². The van der Waals surface area contributed by atoms with Crippen LogP contribution in [0, 0.1) is 0 Å². The van der Waals surface area contributed by atoms with Crippen molar-refractivity contribution >= 4 is 10.0 Å². The Morgan fingerprint density at radius 1 is 1.21 bits per heavy atom. The summed E-state index contributed by atoms with van der Waals surface area (Å²) in [7, 11) is -3.41. The molecule has 1 saturated heterocycles. The molecule has 1 aromatic carbocycles. The highest BCUT2D eigenvalue weighted by molar-refractivity contribution is 7.89. The van der Waals surface area contributed by atoms with Crippen molar-refractivity contribution in [1.82, 2.24) is 14.4 Å². The van der Waals surface area contributed by atoms with E-state index in [1.165, 1.54) is 0 Å². The van der Waals surface area contributed by atoms with Gasteiger partial charge >= 0.3 is 0 Å². The van der Waals surface area contributed by atoms with Crippen molar-refractivity contribution in [2.24, 2.45) is 0 Å². The van der Waals surface area contributed by atoms with Gasteiger partial charge in [0, 0.05) is 25.4 Å². The lowest BCUT2D eigenvalue weighted by Gasteiger charge is -2.29. The van der Waals surface area contributed by atoms with Gasteiger partial charge in [-0.1, -0.05) is 36.7 Å². The van der Waals surface area contributed by atoms with Crippen LogP contribution in [-0.2, 0) is 16.4 Å². The number of unbranched alkanes of at least 4 members (excludes halogenated alkanes) is 1. The Morgan fingerprint density at radius 2 is 1.92 bits per heavy atom. The summed E-state index contributed by atoms with van der Waals surface area (Å²) in [6, 6.07) is 8.58. The first-order valence-electron chi connectivity index (χ1n) is 8.49. The Bertz CT molecular complexity index is 750. The second-order valence-electron chi connectivity index (χ2n) is 6.14. The third-order valence-corrected chi connectivity index (χ3v) is 6.33. The van der Waals surface area contributed by atoms with Crippen molar-refractivity contribution in [2.45, 2.75) is 49.8 Å². The summed E-state index contributed by atoms with van der Waals surface area (Å²) in [5, 5.41) is 4.03. The zero-order valence-electron chi connectivity index (χ0n) is 13.9. The summed E-state index contributed by atoms with van der Waals surface area (Å²) in [6.07, 6.45) is 4.40. The number of hydrogen-bond donors (Lipinski definition) is 0. The van der Waals surface area contributed by atoms with E-state index in [-0.39, 0.29) is 5.92 Å². The predicted molar refractivity (Wildman–Crippen MR) is 90.1 cm³/mol. The summed E-state index contributed by atoms with van der Waals surface area (Å²) in [4.78, 5) is 4.82. The summed E-state index contributed by atoms with van der Waals surface area (Å²) in [6.45, 7) is 3.09. The highest BCUT2D eigenvalue weighted by atomic mass is 32.2. The van der Waals surface area contributed by atoms with Gasteiger partial charge in [-0.3, -0.25) is 0 Å². The van der Waals surface area contributed by atoms with Gasteiger partial charge in [-0.05, 0) is 31.4 Å². The molecule has 0 amide bonds. The van der Waals surface area contributed by atoms with E-state index in [9.17, 15) is 8.42 Å². The summed E-state index contributed by atoms with van der Waals surface area (Å²) in [5.74, 6) is 1.55. The van der Waals surface area contributed by atoms with Crippen molar-refractivity contribution < 1.29 is 12.9 Å². The number of sulfonamides is 1. The molecule has 0 atom stereocenters. The summed E-state index contributed by atoms with van der Waals surface area (Å²) >= 11 is 0. The maximum atomic E-state index is 12.6. The summed E-state index contributed by atoms with van der Waals surface area (Å²) in [5.41, 5.74) is 0. The van der Waals surface area contributed by atoms with Crippen molar-refractivity contribution in [2.75, 3.05) is 13.1 Å². The molecule has 1 aliphatic heterocycles. The highest BCUT2D eigenvalue weighted by Crippen LogP contribution is 2.29. The van der Waals surface area contributed by atoms with Gasteiger partial charge in [-0.2, -0.15) is 9.29 Å². The number of aromatic nitrogens is 2. The molecule has 0 spiro atoms. The Hall–Kier alpha value is -1.73. The van der Waals surface area contributed by atoms with E-state index in [1.54, 1.807) is 28.6 Å². The first-order chi connectivity index (χ1) is 11.6. The lowest BCUT2D eigenvalue weighted by molar-refractivity contribution is 0.270. The van der Waals surface area contributed by atoms with Crippen LogP contribution in [0.4, 0.5) is 0 Å². The van der Waals surface area contributed by atoms with Crippen LogP contribution in [0.3, 0.4) is 0 Å². The van der Waals surface area contributed by atoms with E-state index >= 15 is 0 Å². The molecule has 0 unspecified atom stereocenters. The fourth-order valence-electron chi connectivity index (χ4n) is 2.95. The normalized spacial score (nSPS) is 17.2. The predicted octanol–water partition coefficient (Wildman–Crippen LogP) is 2.98. The molecule has 130 valence electrons. The first-order valence-corrected chi connectivity index (χ1v) is 9.93. The van der Waals surface area contributed by atoms with Gasteiger partial charge in [0.15, 0.2) is 5.82 Å². The van der Waals surface area contributed by atoms with Gasteiger partial charge in [0.05, 0.1) is 4.90 Å². The Kier molecular flexibility index (Phi) is 5.30. The smallest absolute Gasteiger partial charge is 0.243 e. The van der Waals surface area contributed by atoms with Crippen molar-refractivity contribution in [3.8, 4) is 0 Å².